The van der Waals surface area contributed by atoms with Crippen molar-refractivity contribution in [1.82, 2.24) is 20.4 Å². The Balaban J connectivity index is 1.34. The lowest BCUT2D eigenvalue weighted by Gasteiger charge is -2.22. The molecule has 2 aliphatic rings. The number of imide groups is 1. The first-order valence-electron chi connectivity index (χ1n) is 10.1. The molecule has 1 fully saturated rings. The molecule has 0 spiro atoms. The minimum absolute atomic E-state index is 0.121. The Hall–Kier alpha value is -4.08. The Bertz CT molecular complexity index is 1190. The van der Waals surface area contributed by atoms with Gasteiger partial charge in [-0.15, -0.1) is 10.2 Å². The number of ether oxygens (including phenoxy) is 3. The molecular weight excluding hydrogens is 416 g/mol. The molecule has 2 aliphatic heterocycles. The van der Waals surface area contributed by atoms with Crippen molar-refractivity contribution in [2.45, 2.75) is 25.9 Å². The van der Waals surface area contributed by atoms with Gasteiger partial charge in [-0.2, -0.15) is 0 Å². The van der Waals surface area contributed by atoms with E-state index in [4.69, 9.17) is 18.6 Å². The molecule has 3 amide bonds. The third-order valence-corrected chi connectivity index (χ3v) is 5.40. The third-order valence-electron chi connectivity index (χ3n) is 5.40. The summed E-state index contributed by atoms with van der Waals surface area (Å²) in [6.07, 6.45) is 0. The number of fused-ring (bicyclic) bond motifs is 1. The monoisotopic (exact) mass is 436 g/mol. The van der Waals surface area contributed by atoms with Crippen LogP contribution in [0.15, 0.2) is 46.9 Å². The van der Waals surface area contributed by atoms with Gasteiger partial charge in [-0.05, 0) is 55.8 Å². The Morgan fingerprint density at radius 3 is 2.66 bits per heavy atom. The number of rotatable bonds is 6. The van der Waals surface area contributed by atoms with E-state index in [1.54, 1.807) is 49.4 Å². The zero-order valence-corrected chi connectivity index (χ0v) is 17.5. The number of hydrogen-bond donors (Lipinski definition) is 1. The van der Waals surface area contributed by atoms with E-state index in [0.717, 1.165) is 10.6 Å². The summed E-state index contributed by atoms with van der Waals surface area (Å²) in [5.41, 5.74) is 0.0357. The topological polar surface area (TPSA) is 116 Å². The number of carbonyl (C=O) groups excluding carboxylic acids is 2. The summed E-state index contributed by atoms with van der Waals surface area (Å²) in [4.78, 5) is 26.9. The molecule has 1 saturated heterocycles. The van der Waals surface area contributed by atoms with Crippen molar-refractivity contribution in [3.05, 3.63) is 53.9 Å². The van der Waals surface area contributed by atoms with Gasteiger partial charge in [-0.1, -0.05) is 6.07 Å². The van der Waals surface area contributed by atoms with Crippen molar-refractivity contribution in [2.24, 2.45) is 0 Å². The van der Waals surface area contributed by atoms with E-state index in [2.05, 4.69) is 15.5 Å². The number of hydrogen-bond acceptors (Lipinski definition) is 8. The highest BCUT2D eigenvalue weighted by molar-refractivity contribution is 6.07. The SMILES string of the molecule is CCOc1ccc(-c2nnc(CN3C(=O)NC(C)(c4ccc5c(c4)OCO5)C3=O)o2)cc1. The third kappa shape index (κ3) is 3.29. The van der Waals surface area contributed by atoms with E-state index < -0.39 is 17.5 Å². The zero-order chi connectivity index (χ0) is 22.3. The van der Waals surface area contributed by atoms with Gasteiger partial charge in [0, 0.05) is 5.56 Å². The predicted molar refractivity (Wildman–Crippen MR) is 110 cm³/mol. The van der Waals surface area contributed by atoms with Crippen LogP contribution in [0.4, 0.5) is 4.79 Å². The molecule has 164 valence electrons. The molecule has 1 N–H and O–H groups in total. The molecule has 0 saturated carbocycles. The first-order chi connectivity index (χ1) is 15.5. The fourth-order valence-corrected chi connectivity index (χ4v) is 3.67. The van der Waals surface area contributed by atoms with E-state index in [-0.39, 0.29) is 25.1 Å². The predicted octanol–water partition coefficient (Wildman–Crippen LogP) is 2.83. The largest absolute Gasteiger partial charge is 0.494 e. The summed E-state index contributed by atoms with van der Waals surface area (Å²) in [7, 11) is 0. The van der Waals surface area contributed by atoms with Crippen molar-refractivity contribution in [1.29, 1.82) is 0 Å². The van der Waals surface area contributed by atoms with Crippen LogP contribution in [0.1, 0.15) is 25.3 Å². The van der Waals surface area contributed by atoms with Crippen LogP contribution in [0.3, 0.4) is 0 Å². The zero-order valence-electron chi connectivity index (χ0n) is 17.5. The molecule has 3 aromatic rings. The number of nitrogens with zero attached hydrogens (tertiary/aromatic N) is 3. The van der Waals surface area contributed by atoms with E-state index in [9.17, 15) is 9.59 Å². The lowest BCUT2D eigenvalue weighted by Crippen LogP contribution is -2.40. The smallest absolute Gasteiger partial charge is 0.325 e. The summed E-state index contributed by atoms with van der Waals surface area (Å²) in [6.45, 7) is 4.10. The van der Waals surface area contributed by atoms with Gasteiger partial charge in [0.15, 0.2) is 11.5 Å². The summed E-state index contributed by atoms with van der Waals surface area (Å²) in [5.74, 6) is 1.86. The molecular formula is C22H20N4O6. The van der Waals surface area contributed by atoms with Gasteiger partial charge in [0.25, 0.3) is 5.91 Å². The molecule has 10 heteroatoms. The average Bonchev–Trinajstić information content (AvgIpc) is 3.50. The highest BCUT2D eigenvalue weighted by Gasteiger charge is 2.49. The van der Waals surface area contributed by atoms with Crippen molar-refractivity contribution >= 4 is 11.9 Å². The van der Waals surface area contributed by atoms with Crippen LogP contribution < -0.4 is 19.5 Å². The highest BCUT2D eigenvalue weighted by atomic mass is 16.7. The number of benzene rings is 2. The van der Waals surface area contributed by atoms with Crippen molar-refractivity contribution in [3.63, 3.8) is 0 Å². The van der Waals surface area contributed by atoms with E-state index in [1.165, 1.54) is 0 Å². The van der Waals surface area contributed by atoms with Gasteiger partial charge in [-0.3, -0.25) is 9.69 Å². The minimum Gasteiger partial charge on any atom is -0.494 e. The fourth-order valence-electron chi connectivity index (χ4n) is 3.67. The van der Waals surface area contributed by atoms with Gasteiger partial charge in [0.05, 0.1) is 6.61 Å². The Morgan fingerprint density at radius 2 is 1.88 bits per heavy atom. The number of nitrogens with one attached hydrogen (secondary N) is 1. The van der Waals surface area contributed by atoms with Crippen LogP contribution in [0.25, 0.3) is 11.5 Å². The minimum atomic E-state index is -1.25. The van der Waals surface area contributed by atoms with E-state index >= 15 is 0 Å². The molecule has 0 radical (unpaired) electrons. The first kappa shape index (κ1) is 19.9. The Morgan fingerprint density at radius 1 is 1.09 bits per heavy atom. The van der Waals surface area contributed by atoms with Crippen LogP contribution in [0, 0.1) is 0 Å². The van der Waals surface area contributed by atoms with Crippen LogP contribution in [-0.4, -0.2) is 40.4 Å². The van der Waals surface area contributed by atoms with Crippen molar-refractivity contribution in [2.75, 3.05) is 13.4 Å². The number of amides is 3. The van der Waals surface area contributed by atoms with Gasteiger partial charge in [-0.25, -0.2) is 4.79 Å². The molecule has 0 bridgehead atoms. The van der Waals surface area contributed by atoms with Crippen LogP contribution in [-0.2, 0) is 16.9 Å². The van der Waals surface area contributed by atoms with Gasteiger partial charge < -0.3 is 23.9 Å². The molecule has 1 unspecified atom stereocenters. The lowest BCUT2D eigenvalue weighted by atomic mass is 9.91. The van der Waals surface area contributed by atoms with Gasteiger partial charge in [0.1, 0.15) is 17.8 Å². The molecule has 2 aromatic carbocycles. The van der Waals surface area contributed by atoms with Crippen LogP contribution in [0.2, 0.25) is 0 Å². The average molecular weight is 436 g/mol. The van der Waals surface area contributed by atoms with Crippen LogP contribution in [0.5, 0.6) is 17.2 Å². The van der Waals surface area contributed by atoms with E-state index in [0.29, 0.717) is 29.2 Å². The first-order valence-corrected chi connectivity index (χ1v) is 10.1. The Labute approximate surface area is 183 Å². The van der Waals surface area contributed by atoms with Crippen LogP contribution >= 0.6 is 0 Å². The van der Waals surface area contributed by atoms with E-state index in [1.807, 2.05) is 6.92 Å². The molecule has 1 atom stereocenters. The molecule has 5 rings (SSSR count). The normalized spacial score (nSPS) is 19.4. The number of urea groups is 1. The quantitative estimate of drug-likeness (QED) is 0.587. The fraction of sp³-hybridized carbons (Fsp3) is 0.273. The summed E-state index contributed by atoms with van der Waals surface area (Å²) in [6, 6.07) is 11.8. The van der Waals surface area contributed by atoms with Crippen molar-refractivity contribution < 1.29 is 28.2 Å². The molecule has 32 heavy (non-hydrogen) atoms. The highest BCUT2D eigenvalue weighted by Crippen LogP contribution is 2.38. The maximum absolute atomic E-state index is 13.2. The molecule has 1 aromatic heterocycles. The molecule has 3 heterocycles. The van der Waals surface area contributed by atoms with Crippen molar-refractivity contribution in [3.8, 4) is 28.7 Å². The number of aromatic nitrogens is 2. The molecule has 10 nitrogen and oxygen atoms in total. The molecule has 0 aliphatic carbocycles. The summed E-state index contributed by atoms with van der Waals surface area (Å²) in [5, 5.41) is 10.8. The second kappa shape index (κ2) is 7.56. The second-order valence-electron chi connectivity index (χ2n) is 7.47. The lowest BCUT2D eigenvalue weighted by molar-refractivity contribution is -0.131. The van der Waals surface area contributed by atoms with Gasteiger partial charge >= 0.3 is 6.03 Å². The number of carbonyl (C=O) groups is 2. The maximum Gasteiger partial charge on any atom is 0.325 e. The van der Waals surface area contributed by atoms with Gasteiger partial charge in [0.2, 0.25) is 18.6 Å². The second-order valence-corrected chi connectivity index (χ2v) is 7.47. The standard InChI is InChI=1S/C22H20N4O6/c1-3-29-15-7-4-13(5-8-15)19-25-24-18(32-19)11-26-20(27)22(2,23-21(26)28)14-6-9-16-17(10-14)31-12-30-16/h4-10H,3,11-12H2,1-2H3,(H,23,28). The summed E-state index contributed by atoms with van der Waals surface area (Å²) < 4.78 is 21.8. The Kier molecular flexibility index (Phi) is 4.69. The maximum atomic E-state index is 13.2. The summed E-state index contributed by atoms with van der Waals surface area (Å²) >= 11 is 0.